The van der Waals surface area contributed by atoms with E-state index in [1.54, 1.807) is 0 Å². The van der Waals surface area contributed by atoms with E-state index in [0.29, 0.717) is 6.04 Å². The highest BCUT2D eigenvalue weighted by molar-refractivity contribution is 8.00. The van der Waals surface area contributed by atoms with Crippen LogP contribution >= 0.6 is 23.1 Å². The summed E-state index contributed by atoms with van der Waals surface area (Å²) in [5, 5.41) is 4.50. The number of aryl methyl sites for hydroxylation is 1. The van der Waals surface area contributed by atoms with Gasteiger partial charge in [-0.1, -0.05) is 0 Å². The SMILES string of the molecule is Cc1ccc(C(C)NCC2CCCS2)s1. The molecule has 0 aliphatic carbocycles. The van der Waals surface area contributed by atoms with Gasteiger partial charge < -0.3 is 5.32 Å². The summed E-state index contributed by atoms with van der Waals surface area (Å²) in [6.07, 6.45) is 2.80. The average molecular weight is 241 g/mol. The highest BCUT2D eigenvalue weighted by atomic mass is 32.2. The number of thiophene rings is 1. The highest BCUT2D eigenvalue weighted by Crippen LogP contribution is 2.27. The lowest BCUT2D eigenvalue weighted by molar-refractivity contribution is 0.566. The maximum Gasteiger partial charge on any atom is 0.0386 e. The van der Waals surface area contributed by atoms with Crippen LogP contribution in [0, 0.1) is 6.92 Å². The van der Waals surface area contributed by atoms with Crippen LogP contribution in [0.2, 0.25) is 0 Å². The number of rotatable bonds is 4. The van der Waals surface area contributed by atoms with E-state index in [2.05, 4.69) is 43.1 Å². The van der Waals surface area contributed by atoms with Gasteiger partial charge in [0.2, 0.25) is 0 Å². The van der Waals surface area contributed by atoms with Crippen LogP contribution in [0.3, 0.4) is 0 Å². The Bertz CT molecular complexity index is 302. The highest BCUT2D eigenvalue weighted by Gasteiger charge is 2.16. The molecule has 2 rings (SSSR count). The molecule has 1 fully saturated rings. The van der Waals surface area contributed by atoms with E-state index in [1.165, 1.54) is 34.9 Å². The lowest BCUT2D eigenvalue weighted by Crippen LogP contribution is -2.25. The fourth-order valence-electron chi connectivity index (χ4n) is 1.90. The van der Waals surface area contributed by atoms with Crippen molar-refractivity contribution in [3.05, 3.63) is 21.9 Å². The first-order valence-corrected chi connectivity index (χ1v) is 7.53. The maximum absolute atomic E-state index is 3.64. The number of hydrogen-bond acceptors (Lipinski definition) is 3. The second kappa shape index (κ2) is 5.37. The van der Waals surface area contributed by atoms with E-state index in [0.717, 1.165) is 5.25 Å². The first-order chi connectivity index (χ1) is 7.25. The second-order valence-electron chi connectivity index (χ2n) is 4.21. The molecule has 0 radical (unpaired) electrons. The smallest absolute Gasteiger partial charge is 0.0386 e. The molecule has 1 N–H and O–H groups in total. The minimum Gasteiger partial charge on any atom is -0.308 e. The van der Waals surface area contributed by atoms with Crippen molar-refractivity contribution in [3.63, 3.8) is 0 Å². The molecule has 1 nitrogen and oxygen atoms in total. The first kappa shape index (κ1) is 11.5. The Labute approximate surface area is 101 Å². The van der Waals surface area contributed by atoms with Crippen LogP contribution in [0.5, 0.6) is 0 Å². The molecule has 2 unspecified atom stereocenters. The molecule has 1 saturated heterocycles. The molecule has 0 spiro atoms. The van der Waals surface area contributed by atoms with E-state index in [4.69, 9.17) is 0 Å². The van der Waals surface area contributed by atoms with Crippen molar-refractivity contribution < 1.29 is 0 Å². The lowest BCUT2D eigenvalue weighted by atomic mass is 10.2. The van der Waals surface area contributed by atoms with Crippen molar-refractivity contribution in [2.75, 3.05) is 12.3 Å². The number of nitrogens with one attached hydrogen (secondary N) is 1. The molecular weight excluding hydrogens is 222 g/mol. The first-order valence-electron chi connectivity index (χ1n) is 5.67. The summed E-state index contributed by atoms with van der Waals surface area (Å²) in [5.41, 5.74) is 0. The molecule has 2 atom stereocenters. The Morgan fingerprint density at radius 1 is 1.53 bits per heavy atom. The summed E-state index contributed by atoms with van der Waals surface area (Å²) < 4.78 is 0. The third kappa shape index (κ3) is 3.23. The number of hydrogen-bond donors (Lipinski definition) is 1. The Hall–Kier alpha value is 0.01000. The normalized spacial score (nSPS) is 23.2. The zero-order chi connectivity index (χ0) is 10.7. The third-order valence-corrected chi connectivity index (χ3v) is 5.45. The van der Waals surface area contributed by atoms with Gasteiger partial charge in [0.05, 0.1) is 0 Å². The maximum atomic E-state index is 3.64. The van der Waals surface area contributed by atoms with Crippen molar-refractivity contribution in [3.8, 4) is 0 Å². The van der Waals surface area contributed by atoms with Crippen LogP contribution in [0.1, 0.15) is 35.6 Å². The van der Waals surface area contributed by atoms with Gasteiger partial charge in [-0.05, 0) is 44.6 Å². The van der Waals surface area contributed by atoms with E-state index in [9.17, 15) is 0 Å². The summed E-state index contributed by atoms with van der Waals surface area (Å²) in [4.78, 5) is 2.88. The van der Waals surface area contributed by atoms with Gasteiger partial charge in [0.25, 0.3) is 0 Å². The molecule has 0 bridgehead atoms. The molecule has 1 aromatic rings. The minimum atomic E-state index is 0.518. The van der Waals surface area contributed by atoms with E-state index in [-0.39, 0.29) is 0 Å². The largest absolute Gasteiger partial charge is 0.308 e. The lowest BCUT2D eigenvalue weighted by Gasteiger charge is -2.15. The summed E-state index contributed by atoms with van der Waals surface area (Å²) in [7, 11) is 0. The average Bonchev–Trinajstić information content (AvgIpc) is 2.84. The zero-order valence-corrected chi connectivity index (χ0v) is 11.1. The van der Waals surface area contributed by atoms with Gasteiger partial charge in [-0.15, -0.1) is 11.3 Å². The molecule has 1 aliphatic heterocycles. The molecule has 0 saturated carbocycles. The van der Waals surface area contributed by atoms with Gasteiger partial charge in [-0.25, -0.2) is 0 Å². The molecule has 0 amide bonds. The Morgan fingerprint density at radius 2 is 2.40 bits per heavy atom. The predicted molar refractivity (Wildman–Crippen MR) is 71.0 cm³/mol. The van der Waals surface area contributed by atoms with Gasteiger partial charge in [-0.3, -0.25) is 0 Å². The topological polar surface area (TPSA) is 12.0 Å². The van der Waals surface area contributed by atoms with Gasteiger partial charge in [0.1, 0.15) is 0 Å². The monoisotopic (exact) mass is 241 g/mol. The van der Waals surface area contributed by atoms with E-state index in [1.807, 2.05) is 11.3 Å². The van der Waals surface area contributed by atoms with Gasteiger partial charge in [0.15, 0.2) is 0 Å². The van der Waals surface area contributed by atoms with Crippen molar-refractivity contribution in [1.29, 1.82) is 0 Å². The fourth-order valence-corrected chi connectivity index (χ4v) is 4.02. The number of thioether (sulfide) groups is 1. The van der Waals surface area contributed by atoms with Crippen molar-refractivity contribution in [1.82, 2.24) is 5.32 Å². The molecule has 3 heteroatoms. The van der Waals surface area contributed by atoms with E-state index >= 15 is 0 Å². The molecule has 84 valence electrons. The van der Waals surface area contributed by atoms with Crippen molar-refractivity contribution >= 4 is 23.1 Å². The van der Waals surface area contributed by atoms with Crippen molar-refractivity contribution in [2.45, 2.75) is 38.0 Å². The van der Waals surface area contributed by atoms with Crippen LogP contribution < -0.4 is 5.32 Å². The van der Waals surface area contributed by atoms with Crippen molar-refractivity contribution in [2.24, 2.45) is 0 Å². The van der Waals surface area contributed by atoms with Crippen LogP contribution in [-0.4, -0.2) is 17.5 Å². The Balaban J connectivity index is 1.79. The predicted octanol–water partition coefficient (Wildman–Crippen LogP) is 3.60. The standard InChI is InChI=1S/C12H19NS2/c1-9-5-6-12(15-9)10(2)13-8-11-4-3-7-14-11/h5-6,10-11,13H,3-4,7-8H2,1-2H3. The van der Waals surface area contributed by atoms with E-state index < -0.39 is 0 Å². The van der Waals surface area contributed by atoms with Crippen LogP contribution in [0.4, 0.5) is 0 Å². The molecule has 15 heavy (non-hydrogen) atoms. The second-order valence-corrected chi connectivity index (χ2v) is 6.94. The Morgan fingerprint density at radius 3 is 3.00 bits per heavy atom. The Kier molecular flexibility index (Phi) is 4.12. The van der Waals surface area contributed by atoms with Gasteiger partial charge in [0, 0.05) is 27.6 Å². The van der Waals surface area contributed by atoms with Crippen LogP contribution in [0.25, 0.3) is 0 Å². The molecule has 2 heterocycles. The van der Waals surface area contributed by atoms with Gasteiger partial charge in [-0.2, -0.15) is 11.8 Å². The minimum absolute atomic E-state index is 0.518. The summed E-state index contributed by atoms with van der Waals surface area (Å²) >= 11 is 4.03. The molecular formula is C12H19NS2. The fraction of sp³-hybridized carbons (Fsp3) is 0.667. The molecule has 1 aliphatic rings. The summed E-state index contributed by atoms with van der Waals surface area (Å²) in [5.74, 6) is 1.36. The summed E-state index contributed by atoms with van der Waals surface area (Å²) in [6, 6.07) is 4.98. The molecule has 0 aromatic carbocycles. The quantitative estimate of drug-likeness (QED) is 0.864. The van der Waals surface area contributed by atoms with Gasteiger partial charge >= 0.3 is 0 Å². The summed E-state index contributed by atoms with van der Waals surface area (Å²) in [6.45, 7) is 5.61. The molecule has 1 aromatic heterocycles. The third-order valence-electron chi connectivity index (χ3n) is 2.86. The zero-order valence-electron chi connectivity index (χ0n) is 9.45. The van der Waals surface area contributed by atoms with Crippen LogP contribution in [0.15, 0.2) is 12.1 Å². The van der Waals surface area contributed by atoms with Crippen LogP contribution in [-0.2, 0) is 0 Å².